The molecule has 0 unspecified atom stereocenters. The molecular weight excluding hydrogens is 465 g/mol. The smallest absolute Gasteiger partial charge is 0.293 e. The van der Waals surface area contributed by atoms with E-state index in [2.05, 4.69) is 0 Å². The van der Waals surface area contributed by atoms with Crippen molar-refractivity contribution in [1.82, 2.24) is 4.90 Å². The second-order valence-corrected chi connectivity index (χ2v) is 8.62. The minimum absolute atomic E-state index is 0.0698. The number of benzene rings is 3. The summed E-state index contributed by atoms with van der Waals surface area (Å²) in [7, 11) is 1.53. The topological polar surface area (TPSA) is 55.8 Å². The van der Waals surface area contributed by atoms with Crippen LogP contribution in [0, 0.1) is 5.82 Å². The Morgan fingerprint density at radius 2 is 1.70 bits per heavy atom. The highest BCUT2D eigenvalue weighted by Gasteiger charge is 2.35. The lowest BCUT2D eigenvalue weighted by Gasteiger charge is -2.14. The third-order valence-electron chi connectivity index (χ3n) is 4.94. The molecule has 1 fully saturated rings. The van der Waals surface area contributed by atoms with Crippen molar-refractivity contribution >= 4 is 40.6 Å². The van der Waals surface area contributed by atoms with Gasteiger partial charge in [0.15, 0.2) is 11.5 Å². The predicted molar refractivity (Wildman–Crippen MR) is 127 cm³/mol. The van der Waals surface area contributed by atoms with E-state index in [1.807, 2.05) is 12.1 Å². The second-order valence-electron chi connectivity index (χ2n) is 7.19. The number of hydrogen-bond donors (Lipinski definition) is 0. The van der Waals surface area contributed by atoms with E-state index in [1.54, 1.807) is 48.5 Å². The van der Waals surface area contributed by atoms with Gasteiger partial charge < -0.3 is 9.47 Å². The number of amides is 2. The van der Waals surface area contributed by atoms with E-state index in [9.17, 15) is 14.0 Å². The van der Waals surface area contributed by atoms with Gasteiger partial charge in [0.1, 0.15) is 12.4 Å². The summed E-state index contributed by atoms with van der Waals surface area (Å²) in [5.41, 5.74) is 2.18. The molecule has 1 aliphatic heterocycles. The Morgan fingerprint density at radius 1 is 1.00 bits per heavy atom. The maximum atomic E-state index is 13.2. The van der Waals surface area contributed by atoms with Crippen molar-refractivity contribution < 1.29 is 23.5 Å². The second kappa shape index (κ2) is 10.1. The van der Waals surface area contributed by atoms with Crippen LogP contribution in [0.1, 0.15) is 16.7 Å². The molecule has 0 aliphatic carbocycles. The standard InChI is InChI=1S/C25H19ClFNO4S/c1-31-21-4-2-3-18(23(21)32-15-17-5-9-19(26)10-6-17)13-22-24(29)28(25(30)33-22)14-16-7-11-20(27)12-8-16/h2-13H,14-15H2,1H3/b22-13-. The molecule has 0 aromatic heterocycles. The third-order valence-corrected chi connectivity index (χ3v) is 6.10. The van der Waals surface area contributed by atoms with Crippen molar-refractivity contribution in [2.24, 2.45) is 0 Å². The minimum Gasteiger partial charge on any atom is -0.493 e. The van der Waals surface area contributed by atoms with Gasteiger partial charge in [0.05, 0.1) is 18.6 Å². The number of para-hydroxylation sites is 1. The normalized spacial score (nSPS) is 14.8. The largest absolute Gasteiger partial charge is 0.493 e. The molecule has 0 saturated carbocycles. The van der Waals surface area contributed by atoms with Gasteiger partial charge in [-0.15, -0.1) is 0 Å². The molecular formula is C25H19ClFNO4S. The van der Waals surface area contributed by atoms with Crippen LogP contribution >= 0.6 is 23.4 Å². The van der Waals surface area contributed by atoms with Gasteiger partial charge in [-0.05, 0) is 59.3 Å². The molecule has 0 N–H and O–H groups in total. The Balaban J connectivity index is 1.57. The number of ether oxygens (including phenoxy) is 2. The first-order valence-electron chi connectivity index (χ1n) is 9.98. The summed E-state index contributed by atoms with van der Waals surface area (Å²) >= 11 is 6.79. The molecule has 0 atom stereocenters. The molecule has 0 bridgehead atoms. The fourth-order valence-corrected chi connectivity index (χ4v) is 4.20. The van der Waals surface area contributed by atoms with Crippen molar-refractivity contribution in [2.45, 2.75) is 13.2 Å². The highest BCUT2D eigenvalue weighted by molar-refractivity contribution is 8.18. The predicted octanol–water partition coefficient (Wildman–Crippen LogP) is 6.30. The summed E-state index contributed by atoms with van der Waals surface area (Å²) in [6, 6.07) is 18.3. The van der Waals surface area contributed by atoms with Crippen LogP contribution in [0.2, 0.25) is 5.02 Å². The average molecular weight is 484 g/mol. The first kappa shape index (κ1) is 22.9. The van der Waals surface area contributed by atoms with Crippen molar-refractivity contribution in [3.8, 4) is 11.5 Å². The van der Waals surface area contributed by atoms with Crippen LogP contribution in [0.25, 0.3) is 6.08 Å². The summed E-state index contributed by atoms with van der Waals surface area (Å²) in [6.45, 7) is 0.338. The molecule has 168 valence electrons. The Bertz CT molecular complexity index is 1210. The maximum absolute atomic E-state index is 13.2. The molecule has 1 aliphatic rings. The van der Waals surface area contributed by atoms with E-state index >= 15 is 0 Å². The van der Waals surface area contributed by atoms with Crippen LogP contribution in [0.15, 0.2) is 71.6 Å². The zero-order valence-electron chi connectivity index (χ0n) is 17.6. The van der Waals surface area contributed by atoms with E-state index < -0.39 is 5.91 Å². The molecule has 5 nitrogen and oxygen atoms in total. The lowest BCUT2D eigenvalue weighted by molar-refractivity contribution is -0.123. The first-order valence-corrected chi connectivity index (χ1v) is 11.2. The lowest BCUT2D eigenvalue weighted by atomic mass is 10.1. The zero-order valence-corrected chi connectivity index (χ0v) is 19.2. The van der Waals surface area contributed by atoms with E-state index in [0.29, 0.717) is 27.6 Å². The van der Waals surface area contributed by atoms with Gasteiger partial charge in [-0.1, -0.05) is 48.0 Å². The van der Waals surface area contributed by atoms with Crippen LogP contribution in [0.5, 0.6) is 11.5 Å². The molecule has 2 amide bonds. The van der Waals surface area contributed by atoms with Gasteiger partial charge in [-0.3, -0.25) is 14.5 Å². The number of imide groups is 1. The van der Waals surface area contributed by atoms with Crippen LogP contribution in [0.4, 0.5) is 9.18 Å². The zero-order chi connectivity index (χ0) is 23.4. The van der Waals surface area contributed by atoms with Crippen molar-refractivity contribution in [3.63, 3.8) is 0 Å². The van der Waals surface area contributed by atoms with Gasteiger partial charge in [0, 0.05) is 10.6 Å². The van der Waals surface area contributed by atoms with Crippen LogP contribution in [0.3, 0.4) is 0 Å². The highest BCUT2D eigenvalue weighted by atomic mass is 35.5. The summed E-state index contributed by atoms with van der Waals surface area (Å²) in [6.07, 6.45) is 1.62. The minimum atomic E-state index is -0.416. The molecule has 8 heteroatoms. The highest BCUT2D eigenvalue weighted by Crippen LogP contribution is 2.38. The molecule has 1 saturated heterocycles. The van der Waals surface area contributed by atoms with Crippen molar-refractivity contribution in [1.29, 1.82) is 0 Å². The summed E-state index contributed by atoms with van der Waals surface area (Å²) in [4.78, 5) is 26.8. The number of halogens is 2. The molecule has 0 radical (unpaired) electrons. The van der Waals surface area contributed by atoms with E-state index in [4.69, 9.17) is 21.1 Å². The third kappa shape index (κ3) is 5.38. The van der Waals surface area contributed by atoms with Crippen molar-refractivity contribution in [3.05, 3.63) is 99.2 Å². The number of rotatable bonds is 7. The molecule has 4 rings (SSSR count). The molecule has 33 heavy (non-hydrogen) atoms. The number of carbonyl (C=O) groups excluding carboxylic acids is 2. The number of nitrogens with zero attached hydrogens (tertiary/aromatic N) is 1. The SMILES string of the molecule is COc1cccc(/C=C2\SC(=O)N(Cc3ccc(F)cc3)C2=O)c1OCc1ccc(Cl)cc1. The van der Waals surface area contributed by atoms with Gasteiger partial charge >= 0.3 is 0 Å². The van der Waals surface area contributed by atoms with Crippen LogP contribution in [-0.4, -0.2) is 23.2 Å². The summed E-state index contributed by atoms with van der Waals surface area (Å²) in [5, 5.41) is 0.246. The van der Waals surface area contributed by atoms with Gasteiger partial charge in [-0.25, -0.2) is 4.39 Å². The quantitative estimate of drug-likeness (QED) is 0.369. The van der Waals surface area contributed by atoms with E-state index in [1.165, 1.54) is 19.2 Å². The van der Waals surface area contributed by atoms with Gasteiger partial charge in [0.25, 0.3) is 11.1 Å². The Hall–Kier alpha value is -3.29. The fraction of sp³-hybridized carbons (Fsp3) is 0.120. The first-order chi connectivity index (χ1) is 15.9. The molecule has 0 spiro atoms. The molecule has 3 aromatic carbocycles. The van der Waals surface area contributed by atoms with Crippen LogP contribution in [-0.2, 0) is 17.9 Å². The fourth-order valence-electron chi connectivity index (χ4n) is 3.25. The van der Waals surface area contributed by atoms with Gasteiger partial charge in [0.2, 0.25) is 0 Å². The monoisotopic (exact) mass is 483 g/mol. The Kier molecular flexibility index (Phi) is 7.01. The average Bonchev–Trinajstić information content (AvgIpc) is 3.07. The number of hydrogen-bond acceptors (Lipinski definition) is 5. The summed E-state index contributed by atoms with van der Waals surface area (Å²) in [5.74, 6) is 0.168. The van der Waals surface area contributed by atoms with Gasteiger partial charge in [-0.2, -0.15) is 0 Å². The number of methoxy groups -OCH3 is 1. The molecule has 1 heterocycles. The van der Waals surface area contributed by atoms with Crippen molar-refractivity contribution in [2.75, 3.05) is 7.11 Å². The Morgan fingerprint density at radius 3 is 2.39 bits per heavy atom. The summed E-state index contributed by atoms with van der Waals surface area (Å²) < 4.78 is 24.6. The van der Waals surface area contributed by atoms with E-state index in [-0.39, 0.29) is 29.1 Å². The van der Waals surface area contributed by atoms with E-state index in [0.717, 1.165) is 22.2 Å². The number of thioether (sulfide) groups is 1. The Labute approximate surface area is 199 Å². The molecule has 3 aromatic rings. The van der Waals surface area contributed by atoms with Crippen LogP contribution < -0.4 is 9.47 Å². The lowest BCUT2D eigenvalue weighted by Crippen LogP contribution is -2.27. The number of carbonyl (C=O) groups is 2. The maximum Gasteiger partial charge on any atom is 0.293 e.